The summed E-state index contributed by atoms with van der Waals surface area (Å²) in [7, 11) is 4.69. The highest BCUT2D eigenvalue weighted by molar-refractivity contribution is 5.82. The van der Waals surface area contributed by atoms with Crippen LogP contribution in [-0.2, 0) is 13.0 Å². The van der Waals surface area contributed by atoms with Crippen molar-refractivity contribution in [1.82, 2.24) is 19.5 Å². The lowest BCUT2D eigenvalue weighted by atomic mass is 10.1. The summed E-state index contributed by atoms with van der Waals surface area (Å²) < 4.78 is 32.0. The molecule has 2 N–H and O–H groups in total. The summed E-state index contributed by atoms with van der Waals surface area (Å²) in [5, 5.41) is 0. The molecule has 0 fully saturated rings. The fourth-order valence-corrected chi connectivity index (χ4v) is 3.23. The molecule has 29 heavy (non-hydrogen) atoms. The molecule has 2 aromatic heterocycles. The summed E-state index contributed by atoms with van der Waals surface area (Å²) in [6.07, 6.45) is 0.552. The van der Waals surface area contributed by atoms with Gasteiger partial charge in [0.05, 0.1) is 21.3 Å². The maximum absolute atomic E-state index is 13.8. The summed E-state index contributed by atoms with van der Waals surface area (Å²) in [4.78, 5) is 12.2. The predicted molar refractivity (Wildman–Crippen MR) is 108 cm³/mol. The van der Waals surface area contributed by atoms with Crippen molar-refractivity contribution in [3.8, 4) is 17.2 Å². The molecule has 0 spiro atoms. The van der Waals surface area contributed by atoms with Crippen LogP contribution >= 0.6 is 0 Å². The molecule has 3 rings (SSSR count). The average molecular weight is 403 g/mol. The Kier molecular flexibility index (Phi) is 6.05. The highest BCUT2D eigenvalue weighted by atomic mass is 19.1. The van der Waals surface area contributed by atoms with Crippen LogP contribution in [0.1, 0.15) is 31.7 Å². The summed E-state index contributed by atoms with van der Waals surface area (Å²) in [6.45, 7) is 4.87. The summed E-state index contributed by atoms with van der Waals surface area (Å²) in [5.41, 5.74) is 7.60. The zero-order valence-electron chi connectivity index (χ0n) is 17.3. The van der Waals surface area contributed by atoms with Gasteiger partial charge in [-0.05, 0) is 23.6 Å². The molecular formula is C20H26FN5O3. The number of ether oxygens (including phenoxy) is 3. The van der Waals surface area contributed by atoms with E-state index in [0.717, 1.165) is 12.0 Å². The molecule has 0 saturated carbocycles. The van der Waals surface area contributed by atoms with Crippen LogP contribution in [0.4, 0.5) is 10.2 Å². The second kappa shape index (κ2) is 8.50. The van der Waals surface area contributed by atoms with E-state index in [1.165, 1.54) is 0 Å². The van der Waals surface area contributed by atoms with Crippen molar-refractivity contribution in [3.63, 3.8) is 0 Å². The van der Waals surface area contributed by atoms with Crippen molar-refractivity contribution in [3.05, 3.63) is 29.6 Å². The lowest BCUT2D eigenvalue weighted by molar-refractivity contribution is 0.324. The zero-order valence-corrected chi connectivity index (χ0v) is 17.3. The number of aromatic nitrogens is 4. The lowest BCUT2D eigenvalue weighted by Crippen LogP contribution is -2.12. The SMILES string of the molecule is CCC(C)Cn1c(Cc2cc(OC)c(OC)c(OC)c2)nc2c(N)nc(F)nc21. The van der Waals surface area contributed by atoms with Gasteiger partial charge < -0.3 is 24.5 Å². The number of benzene rings is 1. The standard InChI is InChI=1S/C20H26FN5O3/c1-6-11(2)10-26-15(23-16-18(22)24-20(21)25-19(16)26)9-12-7-13(27-3)17(29-5)14(8-12)28-4/h7-8,11H,6,9-10H2,1-5H3,(H2,22,24,25). The first-order chi connectivity index (χ1) is 13.9. The van der Waals surface area contributed by atoms with E-state index in [1.54, 1.807) is 21.3 Å². The maximum Gasteiger partial charge on any atom is 0.312 e. The second-order valence-electron chi connectivity index (χ2n) is 6.91. The second-order valence-corrected chi connectivity index (χ2v) is 6.91. The lowest BCUT2D eigenvalue weighted by Gasteiger charge is -2.16. The van der Waals surface area contributed by atoms with Crippen molar-refractivity contribution in [2.24, 2.45) is 5.92 Å². The Labute approximate surface area is 168 Å². The number of hydrogen-bond donors (Lipinski definition) is 1. The van der Waals surface area contributed by atoms with Crippen LogP contribution < -0.4 is 19.9 Å². The molecule has 3 aromatic rings. The number of nitrogens with zero attached hydrogens (tertiary/aromatic N) is 4. The third-order valence-electron chi connectivity index (χ3n) is 4.95. The van der Waals surface area contributed by atoms with Crippen LogP contribution in [-0.4, -0.2) is 40.8 Å². The van der Waals surface area contributed by atoms with Gasteiger partial charge in [0.1, 0.15) is 5.82 Å². The van der Waals surface area contributed by atoms with Gasteiger partial charge in [0.2, 0.25) is 5.75 Å². The molecule has 1 unspecified atom stereocenters. The third kappa shape index (κ3) is 4.03. The molecule has 0 aliphatic heterocycles. The van der Waals surface area contributed by atoms with E-state index in [1.807, 2.05) is 16.7 Å². The van der Waals surface area contributed by atoms with Crippen LogP contribution in [0, 0.1) is 12.0 Å². The van der Waals surface area contributed by atoms with E-state index in [9.17, 15) is 4.39 Å². The van der Waals surface area contributed by atoms with Gasteiger partial charge in [0.25, 0.3) is 0 Å². The van der Waals surface area contributed by atoms with Crippen molar-refractivity contribution in [1.29, 1.82) is 0 Å². The molecule has 9 heteroatoms. The number of fused-ring (bicyclic) bond motifs is 1. The first kappa shape index (κ1) is 20.6. The number of anilines is 1. The largest absolute Gasteiger partial charge is 0.493 e. The fourth-order valence-electron chi connectivity index (χ4n) is 3.23. The average Bonchev–Trinajstić information content (AvgIpc) is 3.04. The van der Waals surface area contributed by atoms with Crippen molar-refractivity contribution in [2.45, 2.75) is 33.2 Å². The molecule has 0 aliphatic carbocycles. The molecule has 0 amide bonds. The van der Waals surface area contributed by atoms with Crippen molar-refractivity contribution in [2.75, 3.05) is 27.1 Å². The highest BCUT2D eigenvalue weighted by Gasteiger charge is 2.20. The molecule has 0 bridgehead atoms. The third-order valence-corrected chi connectivity index (χ3v) is 4.95. The molecule has 1 aromatic carbocycles. The van der Waals surface area contributed by atoms with Gasteiger partial charge in [0, 0.05) is 13.0 Å². The van der Waals surface area contributed by atoms with Crippen LogP contribution in [0.2, 0.25) is 0 Å². The number of hydrogen-bond acceptors (Lipinski definition) is 7. The van der Waals surface area contributed by atoms with Gasteiger partial charge in [-0.25, -0.2) is 4.98 Å². The minimum Gasteiger partial charge on any atom is -0.493 e. The van der Waals surface area contributed by atoms with E-state index in [2.05, 4.69) is 28.8 Å². The van der Waals surface area contributed by atoms with Crippen LogP contribution in [0.5, 0.6) is 17.2 Å². The molecule has 1 atom stereocenters. The Hall–Kier alpha value is -3.10. The van der Waals surface area contributed by atoms with Gasteiger partial charge in [-0.2, -0.15) is 14.4 Å². The van der Waals surface area contributed by atoms with E-state index in [-0.39, 0.29) is 5.82 Å². The van der Waals surface area contributed by atoms with E-state index in [4.69, 9.17) is 19.9 Å². The number of halogens is 1. The molecular weight excluding hydrogens is 377 g/mol. The first-order valence-corrected chi connectivity index (χ1v) is 9.38. The minimum absolute atomic E-state index is 0.0292. The van der Waals surface area contributed by atoms with Crippen molar-refractivity contribution >= 4 is 17.0 Å². The van der Waals surface area contributed by atoms with E-state index < -0.39 is 6.08 Å². The number of nitrogens with two attached hydrogens (primary N) is 1. The first-order valence-electron chi connectivity index (χ1n) is 9.38. The highest BCUT2D eigenvalue weighted by Crippen LogP contribution is 2.38. The zero-order chi connectivity index (χ0) is 21.1. The van der Waals surface area contributed by atoms with Gasteiger partial charge >= 0.3 is 6.08 Å². The van der Waals surface area contributed by atoms with Crippen LogP contribution in [0.15, 0.2) is 12.1 Å². The van der Waals surface area contributed by atoms with E-state index >= 15 is 0 Å². The summed E-state index contributed by atoms with van der Waals surface area (Å²) in [5.74, 6) is 2.71. The Morgan fingerprint density at radius 2 is 1.72 bits per heavy atom. The topological polar surface area (TPSA) is 97.3 Å². The van der Waals surface area contributed by atoms with Crippen molar-refractivity contribution < 1.29 is 18.6 Å². The number of rotatable bonds is 8. The Morgan fingerprint density at radius 3 is 2.28 bits per heavy atom. The molecule has 0 aliphatic rings. The summed E-state index contributed by atoms with van der Waals surface area (Å²) >= 11 is 0. The monoisotopic (exact) mass is 403 g/mol. The molecule has 156 valence electrons. The van der Waals surface area contributed by atoms with Gasteiger partial charge in [-0.1, -0.05) is 20.3 Å². The van der Waals surface area contributed by atoms with Gasteiger partial charge in [0.15, 0.2) is 28.5 Å². The molecule has 2 heterocycles. The Morgan fingerprint density at radius 1 is 1.07 bits per heavy atom. The quantitative estimate of drug-likeness (QED) is 0.577. The smallest absolute Gasteiger partial charge is 0.312 e. The van der Waals surface area contributed by atoms with Crippen LogP contribution in [0.3, 0.4) is 0 Å². The van der Waals surface area contributed by atoms with Gasteiger partial charge in [-0.15, -0.1) is 0 Å². The van der Waals surface area contributed by atoms with Gasteiger partial charge in [-0.3, -0.25) is 0 Å². The Bertz CT molecular complexity index is 996. The number of nitrogen functional groups attached to an aromatic ring is 1. The Balaban J connectivity index is 2.12. The van der Waals surface area contributed by atoms with Crippen LogP contribution in [0.25, 0.3) is 11.2 Å². The molecule has 0 radical (unpaired) electrons. The number of methoxy groups -OCH3 is 3. The minimum atomic E-state index is -0.861. The molecule has 0 saturated heterocycles. The molecule has 8 nitrogen and oxygen atoms in total. The predicted octanol–water partition coefficient (Wildman–Crippen LogP) is 3.21. The number of imidazole rings is 1. The normalized spacial score (nSPS) is 12.2. The maximum atomic E-state index is 13.8. The summed E-state index contributed by atoms with van der Waals surface area (Å²) in [6, 6.07) is 3.73. The fraction of sp³-hybridized carbons (Fsp3) is 0.450. The van der Waals surface area contributed by atoms with E-state index in [0.29, 0.717) is 53.1 Å².